The molecule has 0 fully saturated rings. The Morgan fingerprint density at radius 2 is 1.88 bits per heavy atom. The van der Waals surface area contributed by atoms with Crippen molar-refractivity contribution < 1.29 is 9.90 Å². The molecule has 2 atom stereocenters. The smallest absolute Gasteiger partial charge is 0.268 e. The number of benzene rings is 2. The van der Waals surface area contributed by atoms with Crippen LogP contribution in [-0.2, 0) is 13.5 Å². The molecular formula is C20H18N2O3. The number of aliphatic hydroxyl groups is 1. The van der Waals surface area contributed by atoms with Gasteiger partial charge in [0.05, 0.1) is 12.1 Å². The predicted octanol–water partition coefficient (Wildman–Crippen LogP) is 1.93. The summed E-state index contributed by atoms with van der Waals surface area (Å²) in [6.07, 6.45) is -0.156. The van der Waals surface area contributed by atoms with Crippen LogP contribution in [0.15, 0.2) is 59.4 Å². The van der Waals surface area contributed by atoms with Crippen LogP contribution in [0.5, 0.6) is 0 Å². The molecule has 5 nitrogen and oxygen atoms in total. The van der Waals surface area contributed by atoms with Gasteiger partial charge in [-0.15, -0.1) is 0 Å². The minimum Gasteiger partial charge on any atom is -0.390 e. The quantitative estimate of drug-likeness (QED) is 0.752. The molecule has 0 radical (unpaired) electrons. The van der Waals surface area contributed by atoms with Gasteiger partial charge in [-0.2, -0.15) is 0 Å². The third-order valence-electron chi connectivity index (χ3n) is 4.87. The summed E-state index contributed by atoms with van der Waals surface area (Å²) in [6, 6.07) is 16.1. The van der Waals surface area contributed by atoms with Crippen molar-refractivity contribution in [2.75, 3.05) is 0 Å². The first-order valence-corrected chi connectivity index (χ1v) is 8.22. The third kappa shape index (κ3) is 2.53. The highest BCUT2D eigenvalue weighted by Gasteiger charge is 2.32. The Bertz CT molecular complexity index is 1040. The van der Waals surface area contributed by atoms with E-state index in [0.29, 0.717) is 11.8 Å². The van der Waals surface area contributed by atoms with Crippen molar-refractivity contribution in [3.63, 3.8) is 0 Å². The summed E-state index contributed by atoms with van der Waals surface area (Å²) in [4.78, 5) is 25.3. The van der Waals surface area contributed by atoms with Crippen molar-refractivity contribution in [2.24, 2.45) is 7.05 Å². The van der Waals surface area contributed by atoms with Crippen LogP contribution >= 0.6 is 0 Å². The van der Waals surface area contributed by atoms with E-state index in [9.17, 15) is 14.7 Å². The minimum absolute atomic E-state index is 0.212. The van der Waals surface area contributed by atoms with E-state index in [-0.39, 0.29) is 17.2 Å². The number of rotatable bonds is 2. The van der Waals surface area contributed by atoms with Gasteiger partial charge >= 0.3 is 0 Å². The normalized spacial score (nSPS) is 19.0. The van der Waals surface area contributed by atoms with Gasteiger partial charge < -0.3 is 15.0 Å². The number of hydrogen-bond donors (Lipinski definition) is 2. The van der Waals surface area contributed by atoms with E-state index in [1.54, 1.807) is 25.2 Å². The number of nitrogens with one attached hydrogen (secondary N) is 1. The molecule has 0 aliphatic heterocycles. The Kier molecular flexibility index (Phi) is 3.66. The number of fused-ring (bicyclic) bond motifs is 2. The van der Waals surface area contributed by atoms with Gasteiger partial charge in [0.1, 0.15) is 5.69 Å². The van der Waals surface area contributed by atoms with Crippen LogP contribution in [-0.4, -0.2) is 21.7 Å². The largest absolute Gasteiger partial charge is 0.390 e. The predicted molar refractivity (Wildman–Crippen MR) is 95.5 cm³/mol. The highest BCUT2D eigenvalue weighted by atomic mass is 16.3. The summed E-state index contributed by atoms with van der Waals surface area (Å²) in [5, 5.41) is 14.5. The van der Waals surface area contributed by atoms with Crippen LogP contribution < -0.4 is 10.9 Å². The average molecular weight is 334 g/mol. The number of carbonyl (C=O) groups excluding carboxylic acids is 1. The van der Waals surface area contributed by atoms with Crippen molar-refractivity contribution in [3.8, 4) is 0 Å². The Morgan fingerprint density at radius 1 is 1.16 bits per heavy atom. The van der Waals surface area contributed by atoms with Crippen molar-refractivity contribution in [1.29, 1.82) is 0 Å². The molecule has 2 N–H and O–H groups in total. The van der Waals surface area contributed by atoms with E-state index in [0.717, 1.165) is 16.5 Å². The van der Waals surface area contributed by atoms with Gasteiger partial charge in [0.15, 0.2) is 0 Å². The molecule has 0 spiro atoms. The first-order valence-electron chi connectivity index (χ1n) is 8.22. The molecule has 1 aliphatic carbocycles. The number of aliphatic hydroxyl groups excluding tert-OH is 1. The Balaban J connectivity index is 1.72. The average Bonchev–Trinajstić information content (AvgIpc) is 2.93. The summed E-state index contributed by atoms with van der Waals surface area (Å²) >= 11 is 0. The van der Waals surface area contributed by atoms with Gasteiger partial charge in [0.25, 0.3) is 11.5 Å². The van der Waals surface area contributed by atoms with Crippen LogP contribution in [0.25, 0.3) is 10.8 Å². The molecule has 5 heteroatoms. The summed E-state index contributed by atoms with van der Waals surface area (Å²) in [6.45, 7) is 0. The SMILES string of the molecule is Cn1c(C(=O)N[C@@H]2c3ccccc3C[C@@H]2O)cc2ccccc2c1=O. The molecular weight excluding hydrogens is 316 g/mol. The fourth-order valence-electron chi connectivity index (χ4n) is 3.53. The number of pyridine rings is 1. The van der Waals surface area contributed by atoms with E-state index in [2.05, 4.69) is 5.32 Å². The van der Waals surface area contributed by atoms with E-state index in [1.165, 1.54) is 4.57 Å². The van der Waals surface area contributed by atoms with Crippen molar-refractivity contribution in [2.45, 2.75) is 18.6 Å². The lowest BCUT2D eigenvalue weighted by molar-refractivity contribution is 0.0849. The van der Waals surface area contributed by atoms with Crippen LogP contribution in [0, 0.1) is 0 Å². The summed E-state index contributed by atoms with van der Waals surface area (Å²) in [7, 11) is 1.59. The molecule has 0 bridgehead atoms. The lowest BCUT2D eigenvalue weighted by atomic mass is 10.1. The lowest BCUT2D eigenvalue weighted by Gasteiger charge is -2.19. The highest BCUT2D eigenvalue weighted by Crippen LogP contribution is 2.31. The monoisotopic (exact) mass is 334 g/mol. The molecule has 126 valence electrons. The van der Waals surface area contributed by atoms with Gasteiger partial charge in [-0.25, -0.2) is 0 Å². The molecule has 4 rings (SSSR count). The van der Waals surface area contributed by atoms with E-state index < -0.39 is 12.1 Å². The lowest BCUT2D eigenvalue weighted by Crippen LogP contribution is -2.36. The van der Waals surface area contributed by atoms with Gasteiger partial charge in [0, 0.05) is 18.9 Å². The second-order valence-electron chi connectivity index (χ2n) is 6.40. The fraction of sp³-hybridized carbons (Fsp3) is 0.200. The van der Waals surface area contributed by atoms with E-state index >= 15 is 0 Å². The Labute approximate surface area is 144 Å². The molecule has 1 aliphatic rings. The molecule has 3 aromatic rings. The topological polar surface area (TPSA) is 71.3 Å². The molecule has 25 heavy (non-hydrogen) atoms. The number of amides is 1. The number of carbonyl (C=O) groups is 1. The Hall–Kier alpha value is -2.92. The van der Waals surface area contributed by atoms with Crippen LogP contribution in [0.3, 0.4) is 0 Å². The second kappa shape index (κ2) is 5.86. The fourth-order valence-corrected chi connectivity index (χ4v) is 3.53. The van der Waals surface area contributed by atoms with Crippen molar-refractivity contribution in [3.05, 3.63) is 81.8 Å². The van der Waals surface area contributed by atoms with Crippen LogP contribution in [0.2, 0.25) is 0 Å². The number of hydrogen-bond acceptors (Lipinski definition) is 3. The first kappa shape index (κ1) is 15.6. The highest BCUT2D eigenvalue weighted by molar-refractivity contribution is 5.97. The molecule has 1 heterocycles. The summed E-state index contributed by atoms with van der Waals surface area (Å²) < 4.78 is 1.35. The maximum atomic E-state index is 12.8. The van der Waals surface area contributed by atoms with Gasteiger partial charge in [0.2, 0.25) is 0 Å². The zero-order valence-electron chi connectivity index (χ0n) is 13.8. The maximum Gasteiger partial charge on any atom is 0.268 e. The number of nitrogens with zero attached hydrogens (tertiary/aromatic N) is 1. The van der Waals surface area contributed by atoms with Gasteiger partial charge in [-0.3, -0.25) is 9.59 Å². The van der Waals surface area contributed by atoms with Crippen LogP contribution in [0.1, 0.15) is 27.7 Å². The van der Waals surface area contributed by atoms with E-state index in [4.69, 9.17) is 0 Å². The summed E-state index contributed by atoms with van der Waals surface area (Å²) in [5.74, 6) is -0.369. The zero-order chi connectivity index (χ0) is 17.6. The molecule has 2 aromatic carbocycles. The third-order valence-corrected chi connectivity index (χ3v) is 4.87. The molecule has 1 aromatic heterocycles. The molecule has 0 unspecified atom stereocenters. The van der Waals surface area contributed by atoms with E-state index in [1.807, 2.05) is 36.4 Å². The van der Waals surface area contributed by atoms with Gasteiger partial charge in [-0.05, 0) is 28.6 Å². The maximum absolute atomic E-state index is 12.8. The minimum atomic E-state index is -0.668. The van der Waals surface area contributed by atoms with Crippen molar-refractivity contribution >= 4 is 16.7 Å². The molecule has 1 amide bonds. The molecule has 0 saturated carbocycles. The second-order valence-corrected chi connectivity index (χ2v) is 6.40. The number of aromatic nitrogens is 1. The molecule has 0 saturated heterocycles. The van der Waals surface area contributed by atoms with Crippen molar-refractivity contribution in [1.82, 2.24) is 9.88 Å². The first-order chi connectivity index (χ1) is 12.1. The zero-order valence-corrected chi connectivity index (χ0v) is 13.8. The Morgan fingerprint density at radius 3 is 2.72 bits per heavy atom. The summed E-state index contributed by atoms with van der Waals surface area (Å²) in [5.41, 5.74) is 2.03. The standard InChI is InChI=1S/C20H18N2O3/c1-22-16(10-12-6-3-5-9-15(12)20(22)25)19(24)21-18-14-8-4-2-7-13(14)11-17(18)23/h2-10,17-18,23H,11H2,1H3,(H,21,24)/t17-,18+/m0/s1. The van der Waals surface area contributed by atoms with Crippen LogP contribution in [0.4, 0.5) is 0 Å². The van der Waals surface area contributed by atoms with Gasteiger partial charge in [-0.1, -0.05) is 42.5 Å².